The fourth-order valence-electron chi connectivity index (χ4n) is 2.42. The van der Waals surface area contributed by atoms with Gasteiger partial charge in [-0.25, -0.2) is 0 Å². The van der Waals surface area contributed by atoms with Gasteiger partial charge in [0.2, 0.25) is 5.91 Å². The van der Waals surface area contributed by atoms with E-state index in [2.05, 4.69) is 16.6 Å². The van der Waals surface area contributed by atoms with Gasteiger partial charge in [-0.15, -0.1) is 6.42 Å². The molecule has 3 heteroatoms. The minimum atomic E-state index is 0.0766. The van der Waals surface area contributed by atoms with Gasteiger partial charge in [-0.05, 0) is 56.5 Å². The van der Waals surface area contributed by atoms with Crippen molar-refractivity contribution < 1.29 is 4.79 Å². The number of carbonyl (C=O) groups excluding carboxylic acids is 1. The van der Waals surface area contributed by atoms with Crippen molar-refractivity contribution in [3.8, 4) is 12.3 Å². The summed E-state index contributed by atoms with van der Waals surface area (Å²) in [5, 5.41) is 6.24. The first-order valence-corrected chi connectivity index (χ1v) is 6.85. The number of benzene rings is 1. The molecule has 1 aliphatic rings. The molecule has 3 nitrogen and oxygen atoms in total. The van der Waals surface area contributed by atoms with Crippen LogP contribution in [0.25, 0.3) is 0 Å². The van der Waals surface area contributed by atoms with Crippen molar-refractivity contribution in [2.75, 3.05) is 18.4 Å². The first-order valence-electron chi connectivity index (χ1n) is 6.85. The first kappa shape index (κ1) is 13.6. The number of rotatable bonds is 4. The van der Waals surface area contributed by atoms with Gasteiger partial charge in [0.05, 0.1) is 0 Å². The summed E-state index contributed by atoms with van der Waals surface area (Å²) in [4.78, 5) is 11.9. The molecule has 0 atom stereocenters. The van der Waals surface area contributed by atoms with Crippen LogP contribution < -0.4 is 10.6 Å². The van der Waals surface area contributed by atoms with Crippen LogP contribution in [-0.2, 0) is 4.79 Å². The van der Waals surface area contributed by atoms with Gasteiger partial charge in [0, 0.05) is 17.7 Å². The molecule has 0 aliphatic carbocycles. The second kappa shape index (κ2) is 6.96. The lowest BCUT2D eigenvalue weighted by Gasteiger charge is -2.22. The minimum Gasteiger partial charge on any atom is -0.326 e. The van der Waals surface area contributed by atoms with Gasteiger partial charge in [-0.1, -0.05) is 12.0 Å². The molecule has 0 spiro atoms. The number of hydrogen-bond donors (Lipinski definition) is 2. The van der Waals surface area contributed by atoms with Crippen LogP contribution in [0.2, 0.25) is 0 Å². The summed E-state index contributed by atoms with van der Waals surface area (Å²) in [6, 6.07) is 7.40. The van der Waals surface area contributed by atoms with E-state index in [1.54, 1.807) is 0 Å². The molecule has 0 aromatic heterocycles. The van der Waals surface area contributed by atoms with Crippen molar-refractivity contribution in [1.82, 2.24) is 5.32 Å². The van der Waals surface area contributed by atoms with Gasteiger partial charge < -0.3 is 10.6 Å². The highest BCUT2D eigenvalue weighted by Crippen LogP contribution is 2.18. The number of terminal acetylenes is 1. The molecule has 2 N–H and O–H groups in total. The lowest BCUT2D eigenvalue weighted by atomic mass is 9.93. The highest BCUT2D eigenvalue weighted by molar-refractivity contribution is 5.90. The van der Waals surface area contributed by atoms with Crippen LogP contribution in [-0.4, -0.2) is 19.0 Å². The molecule has 1 fully saturated rings. The Kier molecular flexibility index (Phi) is 5.00. The smallest absolute Gasteiger partial charge is 0.224 e. The third-order valence-electron chi connectivity index (χ3n) is 3.55. The molecule has 1 aliphatic heterocycles. The van der Waals surface area contributed by atoms with Crippen molar-refractivity contribution >= 4 is 11.6 Å². The average Bonchev–Trinajstić information content (AvgIpc) is 2.46. The number of carbonyl (C=O) groups is 1. The zero-order valence-electron chi connectivity index (χ0n) is 11.1. The van der Waals surface area contributed by atoms with Crippen molar-refractivity contribution in [3.63, 3.8) is 0 Å². The summed E-state index contributed by atoms with van der Waals surface area (Å²) < 4.78 is 0. The Balaban J connectivity index is 1.78. The summed E-state index contributed by atoms with van der Waals surface area (Å²) >= 11 is 0. The molecule has 19 heavy (non-hydrogen) atoms. The van der Waals surface area contributed by atoms with Crippen LogP contribution in [0.5, 0.6) is 0 Å². The van der Waals surface area contributed by atoms with Crippen LogP contribution >= 0.6 is 0 Å². The van der Waals surface area contributed by atoms with Crippen molar-refractivity contribution in [2.24, 2.45) is 5.92 Å². The van der Waals surface area contributed by atoms with E-state index in [0.29, 0.717) is 12.3 Å². The Labute approximate surface area is 114 Å². The second-order valence-corrected chi connectivity index (χ2v) is 5.01. The Bertz CT molecular complexity index is 470. The predicted octanol–water partition coefficient (Wildman–Crippen LogP) is 2.39. The maximum Gasteiger partial charge on any atom is 0.224 e. The lowest BCUT2D eigenvalue weighted by Crippen LogP contribution is -2.28. The maximum absolute atomic E-state index is 11.9. The highest BCUT2D eigenvalue weighted by Gasteiger charge is 2.14. The Morgan fingerprint density at radius 3 is 2.95 bits per heavy atom. The van der Waals surface area contributed by atoms with Gasteiger partial charge >= 0.3 is 0 Å². The van der Waals surface area contributed by atoms with Gasteiger partial charge in [-0.2, -0.15) is 0 Å². The van der Waals surface area contributed by atoms with Crippen LogP contribution in [0.4, 0.5) is 5.69 Å². The van der Waals surface area contributed by atoms with Crippen molar-refractivity contribution in [2.45, 2.75) is 25.7 Å². The fourth-order valence-corrected chi connectivity index (χ4v) is 2.42. The third-order valence-corrected chi connectivity index (χ3v) is 3.55. The molecule has 1 amide bonds. The molecule has 0 bridgehead atoms. The van der Waals surface area contributed by atoms with E-state index in [9.17, 15) is 4.79 Å². The summed E-state index contributed by atoms with van der Waals surface area (Å²) in [5.41, 5.74) is 1.57. The standard InChI is InChI=1S/C16H20N2O/c1-2-13-4-3-5-15(12-13)18-16(19)7-6-14-8-10-17-11-9-14/h1,3-5,12,14,17H,6-11H2,(H,18,19). The number of hydrogen-bond acceptors (Lipinski definition) is 2. The topological polar surface area (TPSA) is 41.1 Å². The van der Waals surface area contributed by atoms with Crippen molar-refractivity contribution in [3.05, 3.63) is 29.8 Å². The van der Waals surface area contributed by atoms with E-state index < -0.39 is 0 Å². The molecule has 1 aromatic rings. The van der Waals surface area contributed by atoms with Gasteiger partial charge in [0.25, 0.3) is 0 Å². The Hall–Kier alpha value is -1.79. The molecule has 0 unspecified atom stereocenters. The van der Waals surface area contributed by atoms with Crippen LogP contribution in [0.1, 0.15) is 31.2 Å². The second-order valence-electron chi connectivity index (χ2n) is 5.01. The molecule has 100 valence electrons. The van der Waals surface area contributed by atoms with Crippen LogP contribution in [0, 0.1) is 18.3 Å². The van der Waals surface area contributed by atoms with Crippen LogP contribution in [0.15, 0.2) is 24.3 Å². The zero-order valence-corrected chi connectivity index (χ0v) is 11.1. The SMILES string of the molecule is C#Cc1cccc(NC(=O)CCC2CCNCC2)c1. The normalized spacial score (nSPS) is 15.7. The van der Waals surface area contributed by atoms with Crippen molar-refractivity contribution in [1.29, 1.82) is 0 Å². The van der Waals surface area contributed by atoms with Gasteiger partial charge in [-0.3, -0.25) is 4.79 Å². The largest absolute Gasteiger partial charge is 0.326 e. The van der Waals surface area contributed by atoms with Crippen LogP contribution in [0.3, 0.4) is 0 Å². The predicted molar refractivity (Wildman–Crippen MR) is 77.8 cm³/mol. The quantitative estimate of drug-likeness (QED) is 0.812. The van der Waals surface area contributed by atoms with E-state index >= 15 is 0 Å². The summed E-state index contributed by atoms with van der Waals surface area (Å²) in [7, 11) is 0. The summed E-state index contributed by atoms with van der Waals surface area (Å²) in [5.74, 6) is 3.33. The average molecular weight is 256 g/mol. The molecule has 1 aromatic carbocycles. The number of amides is 1. The molecule has 1 heterocycles. The molecule has 0 radical (unpaired) electrons. The monoisotopic (exact) mass is 256 g/mol. The molecule has 0 saturated carbocycles. The Morgan fingerprint density at radius 1 is 1.42 bits per heavy atom. The van der Waals surface area contributed by atoms with E-state index in [1.807, 2.05) is 24.3 Å². The number of piperidine rings is 1. The summed E-state index contributed by atoms with van der Waals surface area (Å²) in [6.45, 7) is 2.16. The third kappa shape index (κ3) is 4.42. The highest BCUT2D eigenvalue weighted by atomic mass is 16.1. The Morgan fingerprint density at radius 2 is 2.21 bits per heavy atom. The zero-order chi connectivity index (χ0) is 13.5. The van der Waals surface area contributed by atoms with E-state index in [4.69, 9.17) is 6.42 Å². The minimum absolute atomic E-state index is 0.0766. The maximum atomic E-state index is 11.9. The van der Waals surface area contributed by atoms with E-state index in [0.717, 1.165) is 30.8 Å². The van der Waals surface area contributed by atoms with E-state index in [-0.39, 0.29) is 5.91 Å². The summed E-state index contributed by atoms with van der Waals surface area (Å²) in [6.07, 6.45) is 9.26. The fraction of sp³-hybridized carbons (Fsp3) is 0.438. The lowest BCUT2D eigenvalue weighted by molar-refractivity contribution is -0.116. The number of nitrogens with one attached hydrogen (secondary N) is 2. The molecule has 1 saturated heterocycles. The van der Waals surface area contributed by atoms with E-state index in [1.165, 1.54) is 12.8 Å². The first-order chi connectivity index (χ1) is 9.28. The van der Waals surface area contributed by atoms with Gasteiger partial charge in [0.1, 0.15) is 0 Å². The number of anilines is 1. The molecular weight excluding hydrogens is 236 g/mol. The molecular formula is C16H20N2O. The molecule has 2 rings (SSSR count). The van der Waals surface area contributed by atoms with Gasteiger partial charge in [0.15, 0.2) is 0 Å².